The molecule has 1 atom stereocenters. The summed E-state index contributed by atoms with van der Waals surface area (Å²) in [6, 6.07) is 19.2. The van der Waals surface area contributed by atoms with E-state index >= 15 is 0 Å². The lowest BCUT2D eigenvalue weighted by Gasteiger charge is -2.28. The van der Waals surface area contributed by atoms with Crippen molar-refractivity contribution in [2.45, 2.75) is 25.8 Å². The Kier molecular flexibility index (Phi) is 3.43. The molecule has 1 heterocycles. The fourth-order valence-electron chi connectivity index (χ4n) is 3.07. The van der Waals surface area contributed by atoms with Gasteiger partial charge in [-0.05, 0) is 49.1 Å². The number of hydrogen-bond donors (Lipinski definition) is 0. The summed E-state index contributed by atoms with van der Waals surface area (Å²) in [5, 5.41) is 8.90. The molecule has 0 radical (unpaired) electrons. The van der Waals surface area contributed by atoms with Gasteiger partial charge in [0.2, 0.25) is 0 Å². The molecule has 0 aromatic heterocycles. The highest BCUT2D eigenvalue weighted by atomic mass is 15.2. The van der Waals surface area contributed by atoms with Gasteiger partial charge in [-0.3, -0.25) is 0 Å². The molecule has 0 spiro atoms. The van der Waals surface area contributed by atoms with Gasteiger partial charge in [-0.25, -0.2) is 0 Å². The topological polar surface area (TPSA) is 27.0 Å². The van der Waals surface area contributed by atoms with Crippen LogP contribution in [-0.4, -0.2) is 6.54 Å². The summed E-state index contributed by atoms with van der Waals surface area (Å²) < 4.78 is 0. The number of benzene rings is 2. The minimum atomic E-state index is 0.434. The maximum Gasteiger partial charge on any atom is 0.0991 e. The monoisotopic (exact) mass is 262 g/mol. The predicted octanol–water partition coefficient (Wildman–Crippen LogP) is 4.21. The Bertz CT molecular complexity index is 637. The van der Waals surface area contributed by atoms with Crippen molar-refractivity contribution in [3.8, 4) is 6.07 Å². The Morgan fingerprint density at radius 1 is 1.10 bits per heavy atom. The first-order chi connectivity index (χ1) is 9.79. The van der Waals surface area contributed by atoms with Gasteiger partial charge in [-0.1, -0.05) is 30.3 Å². The zero-order valence-electron chi connectivity index (χ0n) is 11.7. The van der Waals surface area contributed by atoms with Crippen LogP contribution in [0.5, 0.6) is 0 Å². The molecular formula is C18H18N2. The molecule has 0 saturated carbocycles. The third kappa shape index (κ3) is 2.28. The number of para-hydroxylation sites is 1. The largest absolute Gasteiger partial charge is 0.364 e. The highest BCUT2D eigenvalue weighted by Crippen LogP contribution is 2.37. The average Bonchev–Trinajstić information content (AvgIpc) is 2.97. The molecule has 100 valence electrons. The molecule has 0 amide bonds. The lowest BCUT2D eigenvalue weighted by molar-refractivity contribution is 0.718. The van der Waals surface area contributed by atoms with Crippen LogP contribution in [0.4, 0.5) is 5.69 Å². The van der Waals surface area contributed by atoms with E-state index in [1.807, 2.05) is 12.1 Å². The molecule has 2 heteroatoms. The maximum absolute atomic E-state index is 8.90. The molecule has 0 N–H and O–H groups in total. The van der Waals surface area contributed by atoms with Crippen LogP contribution in [0.25, 0.3) is 0 Å². The number of nitrogens with zero attached hydrogens (tertiary/aromatic N) is 2. The van der Waals surface area contributed by atoms with Crippen molar-refractivity contribution in [1.29, 1.82) is 5.26 Å². The van der Waals surface area contributed by atoms with E-state index < -0.39 is 0 Å². The van der Waals surface area contributed by atoms with Gasteiger partial charge >= 0.3 is 0 Å². The highest BCUT2D eigenvalue weighted by molar-refractivity contribution is 5.55. The van der Waals surface area contributed by atoms with E-state index in [4.69, 9.17) is 5.26 Å². The second-order valence-corrected chi connectivity index (χ2v) is 5.37. The Labute approximate surface area is 120 Å². The van der Waals surface area contributed by atoms with Gasteiger partial charge in [0.1, 0.15) is 0 Å². The summed E-state index contributed by atoms with van der Waals surface area (Å²) in [5.74, 6) is 0. The summed E-state index contributed by atoms with van der Waals surface area (Å²) in [6.45, 7) is 3.28. The first-order valence-corrected chi connectivity index (χ1v) is 7.12. The van der Waals surface area contributed by atoms with E-state index in [0.29, 0.717) is 6.04 Å². The van der Waals surface area contributed by atoms with Gasteiger partial charge in [-0.2, -0.15) is 5.26 Å². The van der Waals surface area contributed by atoms with Gasteiger partial charge in [0.25, 0.3) is 0 Å². The van der Waals surface area contributed by atoms with Gasteiger partial charge in [0.15, 0.2) is 0 Å². The number of hydrogen-bond acceptors (Lipinski definition) is 2. The highest BCUT2D eigenvalue weighted by Gasteiger charge is 2.26. The Hall–Kier alpha value is -2.27. The van der Waals surface area contributed by atoms with Crippen LogP contribution in [0.15, 0.2) is 48.5 Å². The molecule has 1 aliphatic rings. The summed E-state index contributed by atoms with van der Waals surface area (Å²) in [7, 11) is 0. The summed E-state index contributed by atoms with van der Waals surface area (Å²) in [4.78, 5) is 2.50. The van der Waals surface area contributed by atoms with Crippen LogP contribution < -0.4 is 4.90 Å². The molecule has 0 bridgehead atoms. The summed E-state index contributed by atoms with van der Waals surface area (Å²) in [6.07, 6.45) is 2.40. The molecule has 2 aromatic carbocycles. The molecule has 3 rings (SSSR count). The first-order valence-electron chi connectivity index (χ1n) is 7.12. The van der Waals surface area contributed by atoms with Crippen LogP contribution in [0, 0.1) is 18.3 Å². The number of anilines is 1. The lowest BCUT2D eigenvalue weighted by atomic mass is 10.0. The minimum absolute atomic E-state index is 0.434. The van der Waals surface area contributed by atoms with E-state index in [2.05, 4.69) is 54.3 Å². The van der Waals surface area contributed by atoms with Gasteiger partial charge < -0.3 is 4.90 Å². The van der Waals surface area contributed by atoms with Crippen molar-refractivity contribution in [2.75, 3.05) is 11.4 Å². The van der Waals surface area contributed by atoms with Crippen molar-refractivity contribution in [3.05, 3.63) is 65.2 Å². The quantitative estimate of drug-likeness (QED) is 0.810. The molecule has 2 nitrogen and oxygen atoms in total. The number of rotatable bonds is 2. The normalized spacial score (nSPS) is 18.0. The van der Waals surface area contributed by atoms with Crippen LogP contribution in [0.1, 0.15) is 35.6 Å². The van der Waals surface area contributed by atoms with Gasteiger partial charge in [-0.15, -0.1) is 0 Å². The van der Waals surface area contributed by atoms with E-state index in [1.54, 1.807) is 0 Å². The fourth-order valence-corrected chi connectivity index (χ4v) is 3.07. The molecule has 1 unspecified atom stereocenters. The number of nitriles is 1. The van der Waals surface area contributed by atoms with Gasteiger partial charge in [0, 0.05) is 12.2 Å². The van der Waals surface area contributed by atoms with Crippen LogP contribution in [0.2, 0.25) is 0 Å². The zero-order valence-corrected chi connectivity index (χ0v) is 11.7. The van der Waals surface area contributed by atoms with Crippen molar-refractivity contribution in [1.82, 2.24) is 0 Å². The summed E-state index contributed by atoms with van der Waals surface area (Å²) >= 11 is 0. The van der Waals surface area contributed by atoms with E-state index in [9.17, 15) is 0 Å². The molecule has 1 aliphatic heterocycles. The lowest BCUT2D eigenvalue weighted by Crippen LogP contribution is -2.23. The van der Waals surface area contributed by atoms with Crippen molar-refractivity contribution >= 4 is 5.69 Å². The molecule has 1 fully saturated rings. The predicted molar refractivity (Wildman–Crippen MR) is 81.7 cm³/mol. The third-order valence-electron chi connectivity index (χ3n) is 4.10. The maximum atomic E-state index is 8.90. The van der Waals surface area contributed by atoms with Crippen molar-refractivity contribution in [3.63, 3.8) is 0 Å². The first kappa shape index (κ1) is 12.7. The van der Waals surface area contributed by atoms with E-state index in [1.165, 1.54) is 29.7 Å². The molecule has 2 aromatic rings. The van der Waals surface area contributed by atoms with Crippen LogP contribution in [-0.2, 0) is 0 Å². The van der Waals surface area contributed by atoms with E-state index in [-0.39, 0.29) is 0 Å². The summed E-state index contributed by atoms with van der Waals surface area (Å²) in [5.41, 5.74) is 4.70. The second kappa shape index (κ2) is 5.38. The Balaban J connectivity index is 1.93. The average molecular weight is 262 g/mol. The SMILES string of the molecule is Cc1ccccc1N1CCCC1c1ccc(C#N)cc1. The molecule has 1 saturated heterocycles. The van der Waals surface area contributed by atoms with Crippen molar-refractivity contribution < 1.29 is 0 Å². The second-order valence-electron chi connectivity index (χ2n) is 5.37. The molecule has 0 aliphatic carbocycles. The minimum Gasteiger partial charge on any atom is -0.364 e. The standard InChI is InChI=1S/C18H18N2/c1-14-5-2-3-6-17(14)20-12-4-7-18(20)16-10-8-15(13-19)9-11-16/h2-3,5-6,8-11,18H,4,7,12H2,1H3. The third-order valence-corrected chi connectivity index (χ3v) is 4.10. The fraction of sp³-hybridized carbons (Fsp3) is 0.278. The molecular weight excluding hydrogens is 244 g/mol. The molecule has 20 heavy (non-hydrogen) atoms. The van der Waals surface area contributed by atoms with E-state index in [0.717, 1.165) is 12.1 Å². The zero-order chi connectivity index (χ0) is 13.9. The van der Waals surface area contributed by atoms with Gasteiger partial charge in [0.05, 0.1) is 17.7 Å². The Morgan fingerprint density at radius 2 is 1.85 bits per heavy atom. The van der Waals surface area contributed by atoms with Crippen LogP contribution in [0.3, 0.4) is 0 Å². The number of aryl methyl sites for hydroxylation is 1. The Morgan fingerprint density at radius 3 is 2.55 bits per heavy atom. The van der Waals surface area contributed by atoms with Crippen molar-refractivity contribution in [2.24, 2.45) is 0 Å². The smallest absolute Gasteiger partial charge is 0.0991 e. The van der Waals surface area contributed by atoms with Crippen LogP contribution >= 0.6 is 0 Å².